The molecule has 0 saturated carbocycles. The third-order valence-electron chi connectivity index (χ3n) is 5.86. The molecule has 28 heavy (non-hydrogen) atoms. The van der Waals surface area contributed by atoms with Gasteiger partial charge in [0.1, 0.15) is 19.7 Å². The summed E-state index contributed by atoms with van der Waals surface area (Å²) in [5, 5.41) is 0. The van der Waals surface area contributed by atoms with Crippen LogP contribution in [0.25, 0.3) is 0 Å². The SMILES string of the molecule is Cc1cccc(C)c1C(=O)OCC[N+]1(Cc2ccccc2)CCCCCC1.[Br-]. The number of esters is 1. The minimum Gasteiger partial charge on any atom is -1.00 e. The molecule has 1 heterocycles. The van der Waals surface area contributed by atoms with E-state index in [2.05, 4.69) is 30.3 Å². The molecule has 1 aliphatic rings. The molecule has 0 atom stereocenters. The van der Waals surface area contributed by atoms with E-state index in [1.807, 2.05) is 32.0 Å². The number of nitrogens with zero attached hydrogens (tertiary/aromatic N) is 1. The maximum Gasteiger partial charge on any atom is 0.338 e. The van der Waals surface area contributed by atoms with Gasteiger partial charge in [0.15, 0.2) is 0 Å². The van der Waals surface area contributed by atoms with Gasteiger partial charge in [0.05, 0.1) is 18.7 Å². The third kappa shape index (κ3) is 5.92. The quantitative estimate of drug-likeness (QED) is 0.502. The minimum absolute atomic E-state index is 0. The predicted molar refractivity (Wildman–Crippen MR) is 110 cm³/mol. The maximum absolute atomic E-state index is 12.6. The van der Waals surface area contributed by atoms with E-state index >= 15 is 0 Å². The molecule has 1 fully saturated rings. The van der Waals surface area contributed by atoms with Crippen molar-refractivity contribution in [3.8, 4) is 0 Å². The van der Waals surface area contributed by atoms with Crippen molar-refractivity contribution >= 4 is 5.97 Å². The number of rotatable bonds is 6. The molecule has 0 unspecified atom stereocenters. The highest BCUT2D eigenvalue weighted by Gasteiger charge is 2.29. The highest BCUT2D eigenvalue weighted by Crippen LogP contribution is 2.23. The zero-order chi connectivity index (χ0) is 19.1. The summed E-state index contributed by atoms with van der Waals surface area (Å²) >= 11 is 0. The van der Waals surface area contributed by atoms with Crippen molar-refractivity contribution in [1.82, 2.24) is 0 Å². The summed E-state index contributed by atoms with van der Waals surface area (Å²) in [6.07, 6.45) is 5.16. The topological polar surface area (TPSA) is 26.3 Å². The van der Waals surface area contributed by atoms with E-state index < -0.39 is 0 Å². The molecule has 0 aromatic heterocycles. The Labute approximate surface area is 180 Å². The van der Waals surface area contributed by atoms with E-state index in [1.54, 1.807) is 0 Å². The zero-order valence-electron chi connectivity index (χ0n) is 17.1. The highest BCUT2D eigenvalue weighted by atomic mass is 79.9. The number of carbonyl (C=O) groups is 1. The Morgan fingerprint density at radius 3 is 2.11 bits per heavy atom. The van der Waals surface area contributed by atoms with Gasteiger partial charge in [0.2, 0.25) is 0 Å². The largest absolute Gasteiger partial charge is 1.00 e. The van der Waals surface area contributed by atoms with Gasteiger partial charge in [0.25, 0.3) is 0 Å². The van der Waals surface area contributed by atoms with Crippen LogP contribution in [-0.2, 0) is 11.3 Å². The number of benzene rings is 2. The van der Waals surface area contributed by atoms with E-state index in [0.717, 1.165) is 34.3 Å². The average molecular weight is 446 g/mol. The van der Waals surface area contributed by atoms with Gasteiger partial charge in [-0.3, -0.25) is 0 Å². The standard InChI is InChI=1S/C24H32NO2.BrH/c1-20-11-10-12-21(2)23(20)24(26)27-18-17-25(15-8-3-4-9-16-25)19-22-13-6-5-7-14-22;/h5-7,10-14H,3-4,8-9,15-19H2,1-2H3;1H/q+1;/p-1. The molecule has 0 aliphatic carbocycles. The number of ether oxygens (including phenoxy) is 1. The van der Waals surface area contributed by atoms with Gasteiger partial charge in [-0.2, -0.15) is 0 Å². The summed E-state index contributed by atoms with van der Waals surface area (Å²) in [4.78, 5) is 12.6. The van der Waals surface area contributed by atoms with Gasteiger partial charge in [-0.25, -0.2) is 4.79 Å². The lowest BCUT2D eigenvalue weighted by Crippen LogP contribution is -3.00. The molecule has 1 aliphatic heterocycles. The van der Waals surface area contributed by atoms with Gasteiger partial charge >= 0.3 is 5.97 Å². The molecule has 2 aromatic carbocycles. The molecular weight excluding hydrogens is 414 g/mol. The first-order valence-electron chi connectivity index (χ1n) is 10.2. The van der Waals surface area contributed by atoms with Crippen LogP contribution in [0.1, 0.15) is 52.7 Å². The first-order valence-corrected chi connectivity index (χ1v) is 10.2. The van der Waals surface area contributed by atoms with Crippen LogP contribution in [0, 0.1) is 13.8 Å². The van der Waals surface area contributed by atoms with Crippen molar-refractivity contribution in [2.75, 3.05) is 26.2 Å². The van der Waals surface area contributed by atoms with Gasteiger partial charge in [-0.1, -0.05) is 48.5 Å². The molecule has 3 nitrogen and oxygen atoms in total. The lowest BCUT2D eigenvalue weighted by atomic mass is 10.0. The molecule has 1 saturated heterocycles. The van der Waals surface area contributed by atoms with E-state index in [4.69, 9.17) is 4.74 Å². The number of carbonyl (C=O) groups excluding carboxylic acids is 1. The second kappa shape index (κ2) is 10.8. The lowest BCUT2D eigenvalue weighted by Gasteiger charge is -2.38. The number of aryl methyl sites for hydroxylation is 2. The van der Waals surface area contributed by atoms with Crippen LogP contribution >= 0.6 is 0 Å². The lowest BCUT2D eigenvalue weighted by molar-refractivity contribution is -0.940. The summed E-state index contributed by atoms with van der Waals surface area (Å²) in [6, 6.07) is 16.7. The first-order chi connectivity index (χ1) is 13.1. The molecule has 2 aromatic rings. The summed E-state index contributed by atoms with van der Waals surface area (Å²) in [5.74, 6) is -0.182. The van der Waals surface area contributed by atoms with Gasteiger partial charge in [0, 0.05) is 5.56 Å². The second-order valence-corrected chi connectivity index (χ2v) is 7.97. The summed E-state index contributed by atoms with van der Waals surface area (Å²) in [6.45, 7) is 8.71. The molecule has 0 N–H and O–H groups in total. The van der Waals surface area contributed by atoms with Crippen molar-refractivity contribution in [3.05, 3.63) is 70.8 Å². The zero-order valence-corrected chi connectivity index (χ0v) is 18.7. The van der Waals surface area contributed by atoms with E-state index in [1.165, 1.54) is 44.3 Å². The highest BCUT2D eigenvalue weighted by molar-refractivity contribution is 5.92. The van der Waals surface area contributed by atoms with Crippen LogP contribution in [-0.4, -0.2) is 36.7 Å². The van der Waals surface area contributed by atoms with E-state index in [-0.39, 0.29) is 23.0 Å². The fourth-order valence-electron chi connectivity index (χ4n) is 4.33. The van der Waals surface area contributed by atoms with Crippen LogP contribution in [0.5, 0.6) is 0 Å². The van der Waals surface area contributed by atoms with Crippen LogP contribution in [0.15, 0.2) is 48.5 Å². The maximum atomic E-state index is 12.6. The summed E-state index contributed by atoms with van der Waals surface area (Å²) in [7, 11) is 0. The number of hydrogen-bond donors (Lipinski definition) is 0. The van der Waals surface area contributed by atoms with Crippen molar-refractivity contribution in [2.45, 2.75) is 46.1 Å². The Morgan fingerprint density at radius 2 is 1.50 bits per heavy atom. The molecule has 4 heteroatoms. The number of halogens is 1. The van der Waals surface area contributed by atoms with Crippen LogP contribution in [0.4, 0.5) is 0 Å². The van der Waals surface area contributed by atoms with Crippen LogP contribution in [0.2, 0.25) is 0 Å². The summed E-state index contributed by atoms with van der Waals surface area (Å²) in [5.41, 5.74) is 4.08. The Bertz CT molecular complexity index is 732. The van der Waals surface area contributed by atoms with Crippen molar-refractivity contribution in [1.29, 1.82) is 0 Å². The summed E-state index contributed by atoms with van der Waals surface area (Å²) < 4.78 is 6.77. The molecule has 0 amide bonds. The fourth-order valence-corrected chi connectivity index (χ4v) is 4.33. The van der Waals surface area contributed by atoms with Gasteiger partial charge < -0.3 is 26.2 Å². The Kier molecular flexibility index (Phi) is 8.71. The van der Waals surface area contributed by atoms with Crippen molar-refractivity contribution < 1.29 is 31.0 Å². The Hall–Kier alpha value is -1.65. The second-order valence-electron chi connectivity index (χ2n) is 7.97. The fraction of sp³-hybridized carbons (Fsp3) is 0.458. The third-order valence-corrected chi connectivity index (χ3v) is 5.86. The average Bonchev–Trinajstić information content (AvgIpc) is 2.88. The number of quaternary nitrogens is 1. The van der Waals surface area contributed by atoms with Crippen molar-refractivity contribution in [2.24, 2.45) is 0 Å². The van der Waals surface area contributed by atoms with Crippen LogP contribution < -0.4 is 17.0 Å². The van der Waals surface area contributed by atoms with E-state index in [9.17, 15) is 4.79 Å². The molecule has 0 radical (unpaired) electrons. The number of hydrogen-bond acceptors (Lipinski definition) is 2. The first kappa shape index (κ1) is 22.6. The molecular formula is C24H32BrNO2. The molecule has 3 rings (SSSR count). The molecule has 0 spiro atoms. The Morgan fingerprint density at radius 1 is 0.893 bits per heavy atom. The van der Waals surface area contributed by atoms with Gasteiger partial charge in [-0.05, 0) is 50.7 Å². The smallest absolute Gasteiger partial charge is 0.338 e. The van der Waals surface area contributed by atoms with Crippen LogP contribution in [0.3, 0.4) is 0 Å². The Balaban J connectivity index is 0.00000280. The molecule has 152 valence electrons. The van der Waals surface area contributed by atoms with E-state index in [0.29, 0.717) is 6.61 Å². The normalized spacial score (nSPS) is 15.9. The number of likely N-dealkylation sites (tertiary alicyclic amines) is 1. The van der Waals surface area contributed by atoms with Crippen molar-refractivity contribution in [3.63, 3.8) is 0 Å². The van der Waals surface area contributed by atoms with Gasteiger partial charge in [-0.15, -0.1) is 0 Å². The molecule has 0 bridgehead atoms. The monoisotopic (exact) mass is 445 g/mol. The minimum atomic E-state index is -0.182. The predicted octanol–water partition coefficient (Wildman–Crippen LogP) is 2.06.